The van der Waals surface area contributed by atoms with Gasteiger partial charge in [-0.2, -0.15) is 18.9 Å². The van der Waals surface area contributed by atoms with Crippen LogP contribution in [0.3, 0.4) is 0 Å². The quantitative estimate of drug-likeness (QED) is 0.511. The van der Waals surface area contributed by atoms with Crippen molar-refractivity contribution in [3.63, 3.8) is 0 Å². The molecule has 0 unspecified atom stereocenters. The van der Waals surface area contributed by atoms with Crippen LogP contribution in [-0.2, 0) is 0 Å². The van der Waals surface area contributed by atoms with E-state index >= 15 is 0 Å². The minimum absolute atomic E-state index is 0.0434. The Labute approximate surface area is 171 Å². The summed E-state index contributed by atoms with van der Waals surface area (Å²) in [6, 6.07) is 12.6. The zero-order chi connectivity index (χ0) is 19.0. The fraction of sp³-hybridized carbons (Fsp3) is 0.222. The highest BCUT2D eigenvalue weighted by molar-refractivity contribution is 9.10. The lowest BCUT2D eigenvalue weighted by Crippen LogP contribution is -2.28. The maximum absolute atomic E-state index is 12.9. The smallest absolute Gasteiger partial charge is 0.387 e. The summed E-state index contributed by atoms with van der Waals surface area (Å²) in [6.07, 6.45) is 2.05. The topological polar surface area (TPSA) is 52.0 Å². The van der Waals surface area contributed by atoms with Gasteiger partial charge in [-0.15, -0.1) is 0 Å². The number of anilines is 1. The van der Waals surface area contributed by atoms with E-state index in [1.165, 1.54) is 6.33 Å². The van der Waals surface area contributed by atoms with Crippen LogP contribution in [0.25, 0.3) is 0 Å². The van der Waals surface area contributed by atoms with E-state index in [-0.39, 0.29) is 17.8 Å². The van der Waals surface area contributed by atoms with Crippen LogP contribution >= 0.6 is 31.9 Å². The van der Waals surface area contributed by atoms with Gasteiger partial charge in [-0.1, -0.05) is 44.0 Å². The zero-order valence-electron chi connectivity index (χ0n) is 13.8. The highest BCUT2D eigenvalue weighted by Gasteiger charge is 2.32. The second-order valence-electron chi connectivity index (χ2n) is 6.09. The third-order valence-corrected chi connectivity index (χ3v) is 5.47. The lowest BCUT2D eigenvalue weighted by molar-refractivity contribution is -0.0508. The molecule has 27 heavy (non-hydrogen) atoms. The standard InChI is InChI=1S/C18H14Br2F2N4O/c19-11-3-1-10(2-4-11)14-8-15(26-18(25-14)23-9-24-26)13-7-12(20)5-6-16(13)27-17(21)22/h1-7,9,14-15,17H,8H2,(H,23,24,25)/t14-,15+/m0/s1. The molecule has 2 atom stereocenters. The number of fused-ring (bicyclic) bond motifs is 1. The normalized spacial score (nSPS) is 18.9. The Balaban J connectivity index is 1.76. The van der Waals surface area contributed by atoms with Crippen LogP contribution in [0.5, 0.6) is 5.75 Å². The number of halogens is 4. The molecular formula is C18H14Br2F2N4O. The molecule has 2 heterocycles. The van der Waals surface area contributed by atoms with Crippen molar-refractivity contribution in [1.82, 2.24) is 14.8 Å². The monoisotopic (exact) mass is 498 g/mol. The SMILES string of the molecule is FC(F)Oc1ccc(Br)cc1[C@H]1C[C@@H](c2ccc(Br)cc2)Nc2ncnn21. The second kappa shape index (κ2) is 7.55. The third-order valence-electron chi connectivity index (χ3n) is 4.45. The van der Waals surface area contributed by atoms with Crippen molar-refractivity contribution >= 4 is 37.8 Å². The van der Waals surface area contributed by atoms with Crippen LogP contribution in [0.2, 0.25) is 0 Å². The van der Waals surface area contributed by atoms with E-state index in [0.29, 0.717) is 17.9 Å². The Morgan fingerprint density at radius 3 is 2.59 bits per heavy atom. The minimum atomic E-state index is -2.90. The molecule has 4 rings (SSSR count). The number of ether oxygens (including phenoxy) is 1. The van der Waals surface area contributed by atoms with Crippen LogP contribution in [0.1, 0.15) is 29.6 Å². The molecular weight excluding hydrogens is 486 g/mol. The summed E-state index contributed by atoms with van der Waals surface area (Å²) in [4.78, 5) is 4.27. The molecule has 9 heteroatoms. The van der Waals surface area contributed by atoms with Gasteiger partial charge in [0, 0.05) is 14.5 Å². The van der Waals surface area contributed by atoms with E-state index in [2.05, 4.69) is 47.3 Å². The predicted molar refractivity (Wildman–Crippen MR) is 104 cm³/mol. The van der Waals surface area contributed by atoms with Gasteiger partial charge in [0.1, 0.15) is 12.1 Å². The first-order valence-corrected chi connectivity index (χ1v) is 9.75. The van der Waals surface area contributed by atoms with E-state index in [0.717, 1.165) is 14.5 Å². The van der Waals surface area contributed by atoms with Crippen molar-refractivity contribution in [1.29, 1.82) is 0 Å². The van der Waals surface area contributed by atoms with Gasteiger partial charge in [0.2, 0.25) is 5.95 Å². The molecule has 0 saturated carbocycles. The van der Waals surface area contributed by atoms with Gasteiger partial charge in [-0.05, 0) is 42.3 Å². The summed E-state index contributed by atoms with van der Waals surface area (Å²) >= 11 is 6.86. The average Bonchev–Trinajstić information content (AvgIpc) is 3.11. The van der Waals surface area contributed by atoms with E-state index in [9.17, 15) is 8.78 Å². The van der Waals surface area contributed by atoms with Gasteiger partial charge in [0.15, 0.2) is 0 Å². The van der Waals surface area contributed by atoms with Crippen LogP contribution in [0.15, 0.2) is 57.7 Å². The van der Waals surface area contributed by atoms with Gasteiger partial charge in [0.25, 0.3) is 0 Å². The first-order chi connectivity index (χ1) is 13.0. The van der Waals surface area contributed by atoms with Crippen molar-refractivity contribution in [2.75, 3.05) is 5.32 Å². The van der Waals surface area contributed by atoms with Gasteiger partial charge in [0.05, 0.1) is 12.1 Å². The Morgan fingerprint density at radius 1 is 1.11 bits per heavy atom. The van der Waals surface area contributed by atoms with Crippen LogP contribution in [-0.4, -0.2) is 21.4 Å². The maximum Gasteiger partial charge on any atom is 0.387 e. The Kier molecular flexibility index (Phi) is 5.14. The van der Waals surface area contributed by atoms with E-state index in [1.54, 1.807) is 22.9 Å². The summed E-state index contributed by atoms with van der Waals surface area (Å²) in [5, 5.41) is 7.64. The van der Waals surface area contributed by atoms with Crippen LogP contribution < -0.4 is 10.1 Å². The molecule has 0 bridgehead atoms. The summed E-state index contributed by atoms with van der Waals surface area (Å²) in [5.41, 5.74) is 1.70. The maximum atomic E-state index is 12.9. The number of hydrogen-bond donors (Lipinski definition) is 1. The number of nitrogens with zero attached hydrogens (tertiary/aromatic N) is 3. The van der Waals surface area contributed by atoms with E-state index < -0.39 is 6.61 Å². The lowest BCUT2D eigenvalue weighted by Gasteiger charge is -2.32. The molecule has 140 valence electrons. The molecule has 1 aliphatic heterocycles. The van der Waals surface area contributed by atoms with Crippen molar-refractivity contribution in [3.8, 4) is 5.75 Å². The highest BCUT2D eigenvalue weighted by atomic mass is 79.9. The molecule has 0 aliphatic carbocycles. The highest BCUT2D eigenvalue weighted by Crippen LogP contribution is 2.41. The molecule has 1 N–H and O–H groups in total. The largest absolute Gasteiger partial charge is 0.434 e. The first-order valence-electron chi connectivity index (χ1n) is 8.17. The minimum Gasteiger partial charge on any atom is -0.434 e. The zero-order valence-corrected chi connectivity index (χ0v) is 17.0. The molecule has 0 radical (unpaired) electrons. The summed E-state index contributed by atoms with van der Waals surface area (Å²) in [5.74, 6) is 0.721. The van der Waals surface area contributed by atoms with Gasteiger partial charge in [-0.25, -0.2) is 4.68 Å². The molecule has 0 fully saturated rings. The fourth-order valence-electron chi connectivity index (χ4n) is 3.28. The van der Waals surface area contributed by atoms with Crippen molar-refractivity contribution in [3.05, 3.63) is 68.9 Å². The molecule has 0 spiro atoms. The molecule has 3 aromatic rings. The Hall–Kier alpha value is -2.00. The van der Waals surface area contributed by atoms with Gasteiger partial charge < -0.3 is 10.1 Å². The first kappa shape index (κ1) is 18.4. The van der Waals surface area contributed by atoms with Crippen LogP contribution in [0.4, 0.5) is 14.7 Å². The second-order valence-corrected chi connectivity index (χ2v) is 7.92. The summed E-state index contributed by atoms with van der Waals surface area (Å²) < 4.78 is 34.0. The number of benzene rings is 2. The number of rotatable bonds is 4. The number of alkyl halides is 2. The number of nitrogens with one attached hydrogen (secondary N) is 1. The Morgan fingerprint density at radius 2 is 1.85 bits per heavy atom. The van der Waals surface area contributed by atoms with E-state index in [4.69, 9.17) is 4.74 Å². The van der Waals surface area contributed by atoms with Crippen molar-refractivity contribution in [2.24, 2.45) is 0 Å². The molecule has 2 aromatic carbocycles. The van der Waals surface area contributed by atoms with Gasteiger partial charge in [-0.3, -0.25) is 0 Å². The molecule has 1 aliphatic rings. The number of hydrogen-bond acceptors (Lipinski definition) is 4. The van der Waals surface area contributed by atoms with Crippen LogP contribution in [0, 0.1) is 0 Å². The molecule has 5 nitrogen and oxygen atoms in total. The number of aromatic nitrogens is 3. The predicted octanol–water partition coefficient (Wildman–Crippen LogP) is 5.55. The Bertz CT molecular complexity index is 949. The third kappa shape index (κ3) is 3.84. The van der Waals surface area contributed by atoms with Crippen molar-refractivity contribution < 1.29 is 13.5 Å². The summed E-state index contributed by atoms with van der Waals surface area (Å²) in [7, 11) is 0. The van der Waals surface area contributed by atoms with Crippen molar-refractivity contribution in [2.45, 2.75) is 25.1 Å². The molecule has 0 saturated heterocycles. The molecule has 0 amide bonds. The summed E-state index contributed by atoms with van der Waals surface area (Å²) in [6.45, 7) is -2.90. The van der Waals surface area contributed by atoms with E-state index in [1.807, 2.05) is 24.3 Å². The average molecular weight is 500 g/mol. The fourth-order valence-corrected chi connectivity index (χ4v) is 3.92. The van der Waals surface area contributed by atoms with Gasteiger partial charge >= 0.3 is 6.61 Å². The lowest BCUT2D eigenvalue weighted by atomic mass is 9.93. The molecule has 1 aromatic heterocycles.